The van der Waals surface area contributed by atoms with Crippen molar-refractivity contribution in [3.63, 3.8) is 0 Å². The second kappa shape index (κ2) is 5.94. The topological polar surface area (TPSA) is 67.9 Å². The molecular formula is C17H18F2N2O4. The molecule has 1 N–H and O–H groups in total. The Labute approximate surface area is 143 Å². The number of fused-ring (bicyclic) bond motifs is 1. The molecule has 1 aromatic carbocycles. The molecule has 6 nitrogen and oxygen atoms in total. The minimum atomic E-state index is -0.682. The van der Waals surface area contributed by atoms with Crippen molar-refractivity contribution in [2.24, 2.45) is 11.8 Å². The van der Waals surface area contributed by atoms with Crippen molar-refractivity contribution in [1.29, 1.82) is 0 Å². The standard InChI is InChI=1S/C17H18F2N2O4/c1-8(22)20-4-10-5-21(17(23)25-10)9-2-13(18)16(14(19)3-9)15-11-6-24-7-12(11)15/h2-3,10-12,15H,4-7H2,1H3,(H,20,22)/t10-,11-,12+,15?/m0/s1. The molecule has 0 bridgehead atoms. The van der Waals surface area contributed by atoms with Gasteiger partial charge >= 0.3 is 6.09 Å². The fraction of sp³-hybridized carbons (Fsp3) is 0.529. The Balaban J connectivity index is 1.51. The average molecular weight is 352 g/mol. The zero-order valence-corrected chi connectivity index (χ0v) is 13.6. The van der Waals surface area contributed by atoms with Crippen molar-refractivity contribution in [3.05, 3.63) is 29.3 Å². The number of amides is 2. The van der Waals surface area contributed by atoms with E-state index in [0.29, 0.717) is 13.2 Å². The molecule has 4 rings (SSSR count). The van der Waals surface area contributed by atoms with Crippen LogP contribution in [0.4, 0.5) is 19.3 Å². The zero-order valence-electron chi connectivity index (χ0n) is 13.6. The van der Waals surface area contributed by atoms with Gasteiger partial charge in [0.25, 0.3) is 0 Å². The molecule has 2 heterocycles. The van der Waals surface area contributed by atoms with Gasteiger partial charge in [-0.25, -0.2) is 13.6 Å². The van der Waals surface area contributed by atoms with E-state index in [0.717, 1.165) is 0 Å². The molecule has 1 aromatic rings. The molecule has 3 aliphatic rings. The van der Waals surface area contributed by atoms with Crippen LogP contribution in [0.15, 0.2) is 12.1 Å². The summed E-state index contributed by atoms with van der Waals surface area (Å²) in [5, 5.41) is 2.55. The number of carbonyl (C=O) groups is 2. The molecule has 3 fully saturated rings. The van der Waals surface area contributed by atoms with Gasteiger partial charge in [-0.15, -0.1) is 0 Å². The largest absolute Gasteiger partial charge is 0.442 e. The van der Waals surface area contributed by atoms with Gasteiger partial charge < -0.3 is 14.8 Å². The minimum Gasteiger partial charge on any atom is -0.442 e. The van der Waals surface area contributed by atoms with Crippen LogP contribution in [0.5, 0.6) is 0 Å². The monoisotopic (exact) mass is 352 g/mol. The number of hydrogen-bond acceptors (Lipinski definition) is 4. The highest BCUT2D eigenvalue weighted by Gasteiger charge is 2.56. The number of anilines is 1. The smallest absolute Gasteiger partial charge is 0.414 e. The average Bonchev–Trinajstić information content (AvgIpc) is 2.90. The third-order valence-electron chi connectivity index (χ3n) is 5.11. The quantitative estimate of drug-likeness (QED) is 0.897. The first-order chi connectivity index (χ1) is 12.0. The van der Waals surface area contributed by atoms with E-state index in [2.05, 4.69) is 5.32 Å². The van der Waals surface area contributed by atoms with Crippen LogP contribution in [0.1, 0.15) is 18.4 Å². The van der Waals surface area contributed by atoms with Crippen LogP contribution >= 0.6 is 0 Å². The Hall–Kier alpha value is -2.22. The Bertz CT molecular complexity index is 708. The summed E-state index contributed by atoms with van der Waals surface area (Å²) in [5.41, 5.74) is 0.209. The normalized spacial score (nSPS) is 30.2. The van der Waals surface area contributed by atoms with Crippen molar-refractivity contribution in [3.8, 4) is 0 Å². The summed E-state index contributed by atoms with van der Waals surface area (Å²) in [6.07, 6.45) is -1.24. The first-order valence-electron chi connectivity index (χ1n) is 8.25. The third kappa shape index (κ3) is 2.84. The lowest BCUT2D eigenvalue weighted by Crippen LogP contribution is -2.33. The summed E-state index contributed by atoms with van der Waals surface area (Å²) in [6.45, 7) is 2.72. The number of cyclic esters (lactones) is 1. The number of nitrogens with zero attached hydrogens (tertiary/aromatic N) is 1. The molecule has 1 unspecified atom stereocenters. The molecule has 1 aliphatic carbocycles. The molecule has 8 heteroatoms. The summed E-state index contributed by atoms with van der Waals surface area (Å²) in [4.78, 5) is 24.1. The predicted molar refractivity (Wildman–Crippen MR) is 83.2 cm³/mol. The summed E-state index contributed by atoms with van der Waals surface area (Å²) in [7, 11) is 0. The Kier molecular flexibility index (Phi) is 3.87. The van der Waals surface area contributed by atoms with E-state index in [1.807, 2.05) is 0 Å². The van der Waals surface area contributed by atoms with Crippen LogP contribution in [-0.2, 0) is 14.3 Å². The number of hydrogen-bond donors (Lipinski definition) is 1. The van der Waals surface area contributed by atoms with Crippen LogP contribution in [0, 0.1) is 23.5 Å². The highest BCUT2D eigenvalue weighted by atomic mass is 19.1. The lowest BCUT2D eigenvalue weighted by molar-refractivity contribution is -0.119. The zero-order chi connectivity index (χ0) is 17.7. The number of ether oxygens (including phenoxy) is 2. The molecule has 0 radical (unpaired) electrons. The van der Waals surface area contributed by atoms with Gasteiger partial charge in [0, 0.05) is 18.4 Å². The second-order valence-electron chi connectivity index (χ2n) is 6.77. The number of carbonyl (C=O) groups excluding carboxylic acids is 2. The first kappa shape index (κ1) is 16.3. The molecular weight excluding hydrogens is 334 g/mol. The number of nitrogens with one attached hydrogen (secondary N) is 1. The molecule has 134 valence electrons. The molecule has 0 aromatic heterocycles. The molecule has 2 amide bonds. The first-order valence-corrected chi connectivity index (χ1v) is 8.25. The summed E-state index contributed by atoms with van der Waals surface area (Å²) in [6, 6.07) is 2.35. The van der Waals surface area contributed by atoms with E-state index in [-0.39, 0.29) is 48.0 Å². The Morgan fingerprint density at radius 2 is 1.92 bits per heavy atom. The Morgan fingerprint density at radius 3 is 2.52 bits per heavy atom. The van der Waals surface area contributed by atoms with Crippen molar-refractivity contribution in [2.75, 3.05) is 31.2 Å². The minimum absolute atomic E-state index is 0.0874. The SMILES string of the molecule is CC(=O)NC[C@H]1CN(c2cc(F)c(C3[C@H]4COC[C@@H]34)c(F)c2)C(=O)O1. The van der Waals surface area contributed by atoms with Crippen LogP contribution < -0.4 is 10.2 Å². The maximum atomic E-state index is 14.5. The van der Waals surface area contributed by atoms with E-state index < -0.39 is 23.8 Å². The molecule has 2 aliphatic heterocycles. The maximum Gasteiger partial charge on any atom is 0.414 e. The van der Waals surface area contributed by atoms with Crippen molar-refractivity contribution in [1.82, 2.24) is 5.32 Å². The maximum absolute atomic E-state index is 14.5. The fourth-order valence-corrected chi connectivity index (χ4v) is 3.81. The van der Waals surface area contributed by atoms with Crippen molar-refractivity contribution < 1.29 is 27.8 Å². The van der Waals surface area contributed by atoms with Gasteiger partial charge in [-0.1, -0.05) is 0 Å². The van der Waals surface area contributed by atoms with E-state index >= 15 is 0 Å². The highest BCUT2D eigenvalue weighted by Crippen LogP contribution is 2.58. The number of benzene rings is 1. The molecule has 0 spiro atoms. The summed E-state index contributed by atoms with van der Waals surface area (Å²) in [5.74, 6) is -1.29. The van der Waals surface area contributed by atoms with Crippen LogP contribution in [0.25, 0.3) is 0 Å². The van der Waals surface area contributed by atoms with Crippen molar-refractivity contribution in [2.45, 2.75) is 18.9 Å². The van der Waals surface area contributed by atoms with Gasteiger partial charge in [0.1, 0.15) is 17.7 Å². The van der Waals surface area contributed by atoms with Crippen LogP contribution in [0.3, 0.4) is 0 Å². The van der Waals surface area contributed by atoms with Crippen LogP contribution in [0.2, 0.25) is 0 Å². The fourth-order valence-electron chi connectivity index (χ4n) is 3.81. The molecule has 2 saturated heterocycles. The lowest BCUT2D eigenvalue weighted by atomic mass is 10.0. The van der Waals surface area contributed by atoms with Crippen molar-refractivity contribution >= 4 is 17.7 Å². The predicted octanol–water partition coefficient (Wildman–Crippen LogP) is 1.79. The summed E-state index contributed by atoms with van der Waals surface area (Å²) >= 11 is 0. The van der Waals surface area contributed by atoms with Gasteiger partial charge in [0.15, 0.2) is 0 Å². The van der Waals surface area contributed by atoms with E-state index in [9.17, 15) is 18.4 Å². The molecule has 25 heavy (non-hydrogen) atoms. The molecule has 1 saturated carbocycles. The van der Waals surface area contributed by atoms with E-state index in [1.165, 1.54) is 24.0 Å². The second-order valence-corrected chi connectivity index (χ2v) is 6.77. The van der Waals surface area contributed by atoms with Crippen LogP contribution in [-0.4, -0.2) is 44.4 Å². The van der Waals surface area contributed by atoms with E-state index in [4.69, 9.17) is 9.47 Å². The van der Waals surface area contributed by atoms with Gasteiger partial charge in [-0.3, -0.25) is 9.69 Å². The summed E-state index contributed by atoms with van der Waals surface area (Å²) < 4.78 is 39.4. The molecule has 4 atom stereocenters. The van der Waals surface area contributed by atoms with E-state index in [1.54, 1.807) is 0 Å². The lowest BCUT2D eigenvalue weighted by Gasteiger charge is -2.16. The third-order valence-corrected chi connectivity index (χ3v) is 5.11. The van der Waals surface area contributed by atoms with Gasteiger partial charge in [0.05, 0.1) is 32.0 Å². The van der Waals surface area contributed by atoms with Gasteiger partial charge in [-0.2, -0.15) is 0 Å². The van der Waals surface area contributed by atoms with Gasteiger partial charge in [-0.05, 0) is 24.0 Å². The van der Waals surface area contributed by atoms with Gasteiger partial charge in [0.2, 0.25) is 5.91 Å². The Morgan fingerprint density at radius 1 is 1.28 bits per heavy atom. The number of halogens is 2. The highest BCUT2D eigenvalue weighted by molar-refractivity contribution is 5.90. The number of rotatable bonds is 4.